The van der Waals surface area contributed by atoms with Gasteiger partial charge in [-0.2, -0.15) is 0 Å². The minimum Gasteiger partial charge on any atom is -0.394 e. The molecule has 0 bridgehead atoms. The maximum atomic E-state index is 13.8. The van der Waals surface area contributed by atoms with Gasteiger partial charge in [0.25, 0.3) is 5.91 Å². The molecule has 0 unspecified atom stereocenters. The first-order valence-corrected chi connectivity index (χ1v) is 12.7. The quantitative estimate of drug-likeness (QED) is 0.261. The number of carbonyl (C=O) groups is 1. The van der Waals surface area contributed by atoms with Gasteiger partial charge < -0.3 is 30.1 Å². The Hall–Kier alpha value is -3.95. The van der Waals surface area contributed by atoms with Crippen LogP contribution in [0.15, 0.2) is 55.0 Å². The number of nitrogens with zero attached hydrogens (tertiary/aromatic N) is 4. The Morgan fingerprint density at radius 1 is 1.17 bits per heavy atom. The molecule has 4 heterocycles. The third-order valence-electron chi connectivity index (χ3n) is 7.53. The monoisotopic (exact) mass is 571 g/mol. The van der Waals surface area contributed by atoms with Crippen molar-refractivity contribution in [1.82, 2.24) is 25.3 Å². The fourth-order valence-corrected chi connectivity index (χ4v) is 5.50. The van der Waals surface area contributed by atoms with Gasteiger partial charge in [-0.25, -0.2) is 17.9 Å². The molecule has 1 amide bonds. The number of fused-ring (bicyclic) bond motifs is 1. The number of hydrogen-bond acceptors (Lipinski definition) is 9. The number of aliphatic hydroxyl groups excluding tert-OH is 3. The van der Waals surface area contributed by atoms with Crippen LogP contribution < -0.4 is 5.32 Å². The zero-order valence-corrected chi connectivity index (χ0v) is 21.2. The van der Waals surface area contributed by atoms with Gasteiger partial charge in [0.15, 0.2) is 17.5 Å². The SMILES string of the molecule is O=C(N[C@@H]1CCO[C@]12O[C@H](CO)[C@H](O)[C@H](n1cc(-c3cc(F)c(F)c(F)c3)nn1)[C@H]2O)c1cccc2cnccc12. The molecule has 0 saturated carbocycles. The van der Waals surface area contributed by atoms with Crippen molar-refractivity contribution in [3.8, 4) is 11.3 Å². The lowest BCUT2D eigenvalue weighted by atomic mass is 9.86. The van der Waals surface area contributed by atoms with Crippen LogP contribution in [-0.4, -0.2) is 84.6 Å². The van der Waals surface area contributed by atoms with Crippen molar-refractivity contribution in [2.75, 3.05) is 13.2 Å². The molecule has 1 spiro atoms. The third kappa shape index (κ3) is 4.53. The molecule has 4 aromatic rings. The summed E-state index contributed by atoms with van der Waals surface area (Å²) in [5, 5.41) is 44.6. The summed E-state index contributed by atoms with van der Waals surface area (Å²) in [6, 6.07) is 6.07. The Bertz CT molecular complexity index is 1590. The van der Waals surface area contributed by atoms with E-state index in [9.17, 15) is 33.3 Å². The number of halogens is 3. The van der Waals surface area contributed by atoms with Gasteiger partial charge in [0.05, 0.1) is 25.5 Å². The molecule has 0 radical (unpaired) electrons. The minimum atomic E-state index is -1.90. The van der Waals surface area contributed by atoms with Gasteiger partial charge in [-0.3, -0.25) is 9.78 Å². The average Bonchev–Trinajstić information content (AvgIpc) is 3.61. The summed E-state index contributed by atoms with van der Waals surface area (Å²) in [7, 11) is 0. The molecule has 2 aliphatic rings. The van der Waals surface area contributed by atoms with Crippen LogP contribution in [0.4, 0.5) is 13.2 Å². The minimum absolute atomic E-state index is 0.0686. The predicted molar refractivity (Wildman–Crippen MR) is 135 cm³/mol. The molecule has 2 aliphatic heterocycles. The maximum Gasteiger partial charge on any atom is 0.252 e. The van der Waals surface area contributed by atoms with Gasteiger partial charge in [0.1, 0.15) is 30.0 Å². The topological polar surface area (TPSA) is 152 Å². The fraction of sp³-hybridized carbons (Fsp3) is 0.333. The number of amides is 1. The van der Waals surface area contributed by atoms with Crippen LogP contribution >= 0.6 is 0 Å². The van der Waals surface area contributed by atoms with Crippen LogP contribution in [0.5, 0.6) is 0 Å². The molecule has 214 valence electrons. The van der Waals surface area contributed by atoms with E-state index in [1.54, 1.807) is 30.6 Å². The van der Waals surface area contributed by atoms with Crippen molar-refractivity contribution < 1.29 is 42.8 Å². The van der Waals surface area contributed by atoms with Crippen LogP contribution in [0.3, 0.4) is 0 Å². The smallest absolute Gasteiger partial charge is 0.252 e. The standard InChI is InChI=1S/C27H24F3N5O6/c28-17-8-14(9-18(29)22(17)30)19-11-35(34-33-19)23-24(37)20(12-36)41-27(25(23)38)21(5-7-40-27)32-26(39)16-3-1-2-13-10-31-6-4-15(13)16/h1-4,6,8-11,20-21,23-25,36-38H,5,7,12H2,(H,32,39)/t20-,21-,23+,24+,25-,27+/m1/s1. The van der Waals surface area contributed by atoms with Gasteiger partial charge in [-0.05, 0) is 36.1 Å². The molecule has 41 heavy (non-hydrogen) atoms. The van der Waals surface area contributed by atoms with Gasteiger partial charge in [-0.1, -0.05) is 17.3 Å². The number of ether oxygens (including phenoxy) is 2. The van der Waals surface area contributed by atoms with Gasteiger partial charge >= 0.3 is 0 Å². The van der Waals surface area contributed by atoms with Crippen molar-refractivity contribution in [2.45, 2.75) is 42.6 Å². The number of rotatable bonds is 5. The van der Waals surface area contributed by atoms with Crippen molar-refractivity contribution in [2.24, 2.45) is 0 Å². The van der Waals surface area contributed by atoms with Gasteiger partial charge in [0, 0.05) is 28.9 Å². The highest BCUT2D eigenvalue weighted by atomic mass is 19.2. The summed E-state index contributed by atoms with van der Waals surface area (Å²) >= 11 is 0. The van der Waals surface area contributed by atoms with E-state index in [1.807, 2.05) is 6.07 Å². The third-order valence-corrected chi connectivity index (χ3v) is 7.53. The summed E-state index contributed by atoms with van der Waals surface area (Å²) in [6.07, 6.45) is 0.128. The van der Waals surface area contributed by atoms with E-state index < -0.39 is 66.1 Å². The average molecular weight is 572 g/mol. The van der Waals surface area contributed by atoms with Crippen LogP contribution in [0.2, 0.25) is 0 Å². The molecule has 14 heteroatoms. The Labute approximate surface area is 230 Å². The Kier molecular flexibility index (Phi) is 6.95. The zero-order valence-electron chi connectivity index (χ0n) is 21.2. The Morgan fingerprint density at radius 3 is 2.71 bits per heavy atom. The van der Waals surface area contributed by atoms with E-state index in [1.165, 1.54) is 6.20 Å². The van der Waals surface area contributed by atoms with Crippen LogP contribution in [-0.2, 0) is 9.47 Å². The number of aromatic nitrogens is 4. The van der Waals surface area contributed by atoms with Gasteiger partial charge in [-0.15, -0.1) is 5.10 Å². The van der Waals surface area contributed by atoms with E-state index >= 15 is 0 Å². The van der Waals surface area contributed by atoms with E-state index in [0.29, 0.717) is 10.9 Å². The van der Waals surface area contributed by atoms with Crippen molar-refractivity contribution in [3.05, 3.63) is 78.0 Å². The normalized spacial score (nSPS) is 27.9. The molecule has 4 N–H and O–H groups in total. The number of carbonyl (C=O) groups excluding carboxylic acids is 1. The number of nitrogens with one attached hydrogen (secondary N) is 1. The van der Waals surface area contributed by atoms with Crippen LogP contribution in [0.1, 0.15) is 22.8 Å². The molecule has 2 aromatic carbocycles. The van der Waals surface area contributed by atoms with Crippen LogP contribution in [0.25, 0.3) is 22.0 Å². The highest BCUT2D eigenvalue weighted by Gasteiger charge is 2.62. The first-order valence-electron chi connectivity index (χ1n) is 12.7. The summed E-state index contributed by atoms with van der Waals surface area (Å²) in [5.74, 6) is -6.88. The number of hydrogen-bond donors (Lipinski definition) is 4. The number of aliphatic hydroxyl groups is 3. The molecule has 0 aliphatic carbocycles. The van der Waals surface area contributed by atoms with E-state index in [4.69, 9.17) is 9.47 Å². The summed E-state index contributed by atoms with van der Waals surface area (Å²) in [6.45, 7) is -0.610. The van der Waals surface area contributed by atoms with E-state index in [-0.39, 0.29) is 24.3 Å². The second-order valence-electron chi connectivity index (χ2n) is 9.89. The van der Waals surface area contributed by atoms with Crippen molar-refractivity contribution >= 4 is 16.7 Å². The molecule has 2 fully saturated rings. The fourth-order valence-electron chi connectivity index (χ4n) is 5.50. The first-order chi connectivity index (χ1) is 19.7. The second-order valence-corrected chi connectivity index (χ2v) is 9.89. The Morgan fingerprint density at radius 2 is 1.95 bits per heavy atom. The number of pyridine rings is 1. The number of benzene rings is 2. The summed E-state index contributed by atoms with van der Waals surface area (Å²) < 4.78 is 53.9. The molecule has 11 nitrogen and oxygen atoms in total. The highest BCUT2D eigenvalue weighted by Crippen LogP contribution is 2.43. The van der Waals surface area contributed by atoms with Crippen LogP contribution in [0, 0.1) is 17.5 Å². The lowest BCUT2D eigenvalue weighted by Gasteiger charge is -2.49. The molecule has 6 atom stereocenters. The van der Waals surface area contributed by atoms with E-state index in [0.717, 1.165) is 22.2 Å². The maximum absolute atomic E-state index is 13.8. The molecular formula is C27H24F3N5O6. The first kappa shape index (κ1) is 27.2. The molecule has 6 rings (SSSR count). The molecular weight excluding hydrogens is 547 g/mol. The molecule has 2 aromatic heterocycles. The lowest BCUT2D eigenvalue weighted by Crippen LogP contribution is -2.69. The highest BCUT2D eigenvalue weighted by molar-refractivity contribution is 6.06. The van der Waals surface area contributed by atoms with E-state index in [2.05, 4.69) is 20.6 Å². The largest absolute Gasteiger partial charge is 0.394 e. The zero-order chi connectivity index (χ0) is 28.9. The Balaban J connectivity index is 1.33. The van der Waals surface area contributed by atoms with Crippen molar-refractivity contribution in [3.63, 3.8) is 0 Å². The second kappa shape index (κ2) is 10.5. The predicted octanol–water partition coefficient (Wildman–Crippen LogP) is 1.48. The van der Waals surface area contributed by atoms with Crippen molar-refractivity contribution in [1.29, 1.82) is 0 Å². The molecule has 2 saturated heterocycles. The summed E-state index contributed by atoms with van der Waals surface area (Å²) in [4.78, 5) is 17.5. The summed E-state index contributed by atoms with van der Waals surface area (Å²) in [5.41, 5.74) is 0.141. The van der Waals surface area contributed by atoms with Gasteiger partial charge in [0.2, 0.25) is 5.79 Å². The lowest BCUT2D eigenvalue weighted by molar-refractivity contribution is -0.344.